The highest BCUT2D eigenvalue weighted by Gasteiger charge is 2.19. The molecule has 0 bridgehead atoms. The molecular formula is C16H24N6. The Bertz CT molecular complexity index is 678. The third-order valence-corrected chi connectivity index (χ3v) is 3.38. The summed E-state index contributed by atoms with van der Waals surface area (Å²) in [7, 11) is 0. The molecule has 118 valence electrons. The van der Waals surface area contributed by atoms with Gasteiger partial charge in [0.1, 0.15) is 12.4 Å². The van der Waals surface area contributed by atoms with Crippen molar-refractivity contribution in [2.24, 2.45) is 10.7 Å². The van der Waals surface area contributed by atoms with E-state index in [9.17, 15) is 0 Å². The van der Waals surface area contributed by atoms with Crippen LogP contribution in [-0.4, -0.2) is 21.1 Å². The number of hydrogen-bond acceptors (Lipinski definition) is 3. The lowest BCUT2D eigenvalue weighted by atomic mass is 9.96. The topological polar surface area (TPSA) is 92.0 Å². The van der Waals surface area contributed by atoms with E-state index in [1.54, 1.807) is 0 Å². The van der Waals surface area contributed by atoms with Crippen LogP contribution in [-0.2, 0) is 12.0 Å². The molecule has 1 aromatic heterocycles. The van der Waals surface area contributed by atoms with E-state index in [0.717, 1.165) is 11.5 Å². The highest BCUT2D eigenvalue weighted by molar-refractivity contribution is 5.92. The van der Waals surface area contributed by atoms with Gasteiger partial charge in [0.05, 0.1) is 0 Å². The lowest BCUT2D eigenvalue weighted by Crippen LogP contribution is -2.22. The number of benzene rings is 1. The van der Waals surface area contributed by atoms with E-state index in [1.807, 2.05) is 12.1 Å². The summed E-state index contributed by atoms with van der Waals surface area (Å²) < 4.78 is 0. The van der Waals surface area contributed by atoms with E-state index < -0.39 is 0 Å². The van der Waals surface area contributed by atoms with Gasteiger partial charge < -0.3 is 11.1 Å². The van der Waals surface area contributed by atoms with Gasteiger partial charge in [0.2, 0.25) is 0 Å². The summed E-state index contributed by atoms with van der Waals surface area (Å²) in [6, 6.07) is 6.08. The van der Waals surface area contributed by atoms with Crippen LogP contribution in [0.5, 0.6) is 0 Å². The Balaban J connectivity index is 2.00. The summed E-state index contributed by atoms with van der Waals surface area (Å²) >= 11 is 0. The van der Waals surface area contributed by atoms with Crippen LogP contribution in [0.4, 0.5) is 5.69 Å². The number of nitrogens with one attached hydrogen (secondary N) is 2. The molecule has 2 rings (SSSR count). The molecule has 0 fully saturated rings. The van der Waals surface area contributed by atoms with Crippen molar-refractivity contribution >= 4 is 11.6 Å². The molecule has 0 atom stereocenters. The molecule has 0 saturated heterocycles. The first kappa shape index (κ1) is 16.0. The fraction of sp³-hybridized carbons (Fsp3) is 0.438. The van der Waals surface area contributed by atoms with Crippen LogP contribution in [0, 0.1) is 13.8 Å². The van der Waals surface area contributed by atoms with Crippen LogP contribution >= 0.6 is 0 Å². The zero-order valence-electron chi connectivity index (χ0n) is 13.9. The first-order valence-electron chi connectivity index (χ1n) is 7.31. The quantitative estimate of drug-likeness (QED) is 0.600. The Morgan fingerprint density at radius 2 is 2.00 bits per heavy atom. The molecule has 0 amide bonds. The molecule has 4 N–H and O–H groups in total. The molecule has 0 aliphatic heterocycles. The van der Waals surface area contributed by atoms with Crippen molar-refractivity contribution in [3.8, 4) is 0 Å². The third-order valence-electron chi connectivity index (χ3n) is 3.38. The molecule has 0 radical (unpaired) electrons. The van der Waals surface area contributed by atoms with Gasteiger partial charge >= 0.3 is 0 Å². The molecule has 1 aromatic carbocycles. The number of anilines is 1. The summed E-state index contributed by atoms with van der Waals surface area (Å²) in [4.78, 5) is 8.72. The SMILES string of the molecule is Cc1ccc(NC(N)=NCc2nc(C(C)(C)C)n[nH]2)cc1C. The highest BCUT2D eigenvalue weighted by Crippen LogP contribution is 2.17. The van der Waals surface area contributed by atoms with Gasteiger partial charge in [-0.2, -0.15) is 5.10 Å². The Hall–Kier alpha value is -2.37. The van der Waals surface area contributed by atoms with Crippen molar-refractivity contribution in [3.05, 3.63) is 41.0 Å². The van der Waals surface area contributed by atoms with Crippen molar-refractivity contribution in [2.45, 2.75) is 46.6 Å². The van der Waals surface area contributed by atoms with Crippen molar-refractivity contribution in [1.82, 2.24) is 15.2 Å². The normalized spacial score (nSPS) is 12.5. The number of aryl methyl sites for hydroxylation is 2. The average molecular weight is 300 g/mol. The Morgan fingerprint density at radius 3 is 2.59 bits per heavy atom. The van der Waals surface area contributed by atoms with Gasteiger partial charge in [-0.05, 0) is 37.1 Å². The van der Waals surface area contributed by atoms with Crippen LogP contribution in [0.2, 0.25) is 0 Å². The van der Waals surface area contributed by atoms with Crippen molar-refractivity contribution in [1.29, 1.82) is 0 Å². The fourth-order valence-corrected chi connectivity index (χ4v) is 1.87. The van der Waals surface area contributed by atoms with E-state index in [4.69, 9.17) is 5.73 Å². The molecule has 0 aliphatic rings. The summed E-state index contributed by atoms with van der Waals surface area (Å²) in [5, 5.41) is 10.2. The van der Waals surface area contributed by atoms with Crippen LogP contribution in [0.3, 0.4) is 0 Å². The zero-order chi connectivity index (χ0) is 16.3. The van der Waals surface area contributed by atoms with Crippen LogP contribution in [0.15, 0.2) is 23.2 Å². The van der Waals surface area contributed by atoms with E-state index in [2.05, 4.69) is 66.2 Å². The molecule has 0 unspecified atom stereocenters. The highest BCUT2D eigenvalue weighted by atomic mass is 15.2. The molecule has 22 heavy (non-hydrogen) atoms. The first-order valence-corrected chi connectivity index (χ1v) is 7.31. The van der Waals surface area contributed by atoms with Gasteiger partial charge in [0.25, 0.3) is 0 Å². The van der Waals surface area contributed by atoms with Crippen LogP contribution in [0.25, 0.3) is 0 Å². The van der Waals surface area contributed by atoms with E-state index >= 15 is 0 Å². The van der Waals surface area contributed by atoms with Crippen molar-refractivity contribution < 1.29 is 0 Å². The minimum Gasteiger partial charge on any atom is -0.370 e. The minimum atomic E-state index is -0.0817. The van der Waals surface area contributed by atoms with E-state index in [-0.39, 0.29) is 5.41 Å². The number of nitrogens with zero attached hydrogens (tertiary/aromatic N) is 3. The molecule has 0 spiro atoms. The number of aliphatic imine (C=N–C) groups is 1. The van der Waals surface area contributed by atoms with Crippen LogP contribution in [0.1, 0.15) is 43.5 Å². The van der Waals surface area contributed by atoms with E-state index in [0.29, 0.717) is 18.3 Å². The molecule has 1 heterocycles. The van der Waals surface area contributed by atoms with Gasteiger partial charge in [-0.25, -0.2) is 9.98 Å². The largest absolute Gasteiger partial charge is 0.370 e. The van der Waals surface area contributed by atoms with Gasteiger partial charge in [-0.15, -0.1) is 0 Å². The predicted octanol–water partition coefficient (Wildman–Crippen LogP) is 2.65. The molecular weight excluding hydrogens is 276 g/mol. The maximum Gasteiger partial charge on any atom is 0.193 e. The number of H-pyrrole nitrogens is 1. The summed E-state index contributed by atoms with van der Waals surface area (Å²) in [5.41, 5.74) is 9.22. The van der Waals surface area contributed by atoms with Crippen molar-refractivity contribution in [3.63, 3.8) is 0 Å². The number of aromatic amines is 1. The number of rotatable bonds is 3. The second kappa shape index (κ2) is 6.17. The minimum absolute atomic E-state index is 0.0817. The second-order valence-corrected chi connectivity index (χ2v) is 6.48. The Kier molecular flexibility index (Phi) is 4.49. The number of aromatic nitrogens is 3. The third kappa shape index (κ3) is 4.07. The second-order valence-electron chi connectivity index (χ2n) is 6.48. The smallest absolute Gasteiger partial charge is 0.193 e. The van der Waals surface area contributed by atoms with Gasteiger partial charge in [-0.1, -0.05) is 26.8 Å². The van der Waals surface area contributed by atoms with Gasteiger partial charge in [0, 0.05) is 11.1 Å². The standard InChI is InChI=1S/C16H24N6/c1-10-6-7-12(8-11(10)2)19-15(17)18-9-13-20-14(22-21-13)16(3,4)5/h6-8H,9H2,1-5H3,(H3,17,18,19)(H,20,21,22). The Morgan fingerprint density at radius 1 is 1.27 bits per heavy atom. The van der Waals surface area contributed by atoms with Gasteiger partial charge in [-0.3, -0.25) is 5.10 Å². The predicted molar refractivity (Wildman–Crippen MR) is 89.9 cm³/mol. The fourth-order valence-electron chi connectivity index (χ4n) is 1.87. The number of guanidine groups is 1. The maximum atomic E-state index is 5.91. The molecule has 0 saturated carbocycles. The lowest BCUT2D eigenvalue weighted by Gasteiger charge is -2.11. The summed E-state index contributed by atoms with van der Waals surface area (Å²) in [6.07, 6.45) is 0. The molecule has 2 aromatic rings. The maximum absolute atomic E-state index is 5.91. The molecule has 6 nitrogen and oxygen atoms in total. The average Bonchev–Trinajstić information content (AvgIpc) is 2.89. The molecule has 6 heteroatoms. The summed E-state index contributed by atoms with van der Waals surface area (Å²) in [5.74, 6) is 1.84. The van der Waals surface area contributed by atoms with Crippen molar-refractivity contribution in [2.75, 3.05) is 5.32 Å². The number of hydrogen-bond donors (Lipinski definition) is 3. The first-order chi connectivity index (χ1) is 10.3. The van der Waals surface area contributed by atoms with E-state index in [1.165, 1.54) is 11.1 Å². The summed E-state index contributed by atoms with van der Waals surface area (Å²) in [6.45, 7) is 10.7. The number of nitrogens with two attached hydrogens (primary N) is 1. The van der Waals surface area contributed by atoms with Gasteiger partial charge in [0.15, 0.2) is 11.8 Å². The Labute approximate surface area is 131 Å². The van der Waals surface area contributed by atoms with Crippen LogP contribution < -0.4 is 11.1 Å². The molecule has 0 aliphatic carbocycles. The monoisotopic (exact) mass is 300 g/mol. The lowest BCUT2D eigenvalue weighted by molar-refractivity contribution is 0.547. The zero-order valence-corrected chi connectivity index (χ0v) is 13.9.